The molecule has 3 aromatic heterocycles. The number of nitrogens with one attached hydrogen (secondary N) is 10. The van der Waals surface area contributed by atoms with Gasteiger partial charge in [0.1, 0.15) is 29.1 Å². The number of anilines is 2. The van der Waals surface area contributed by atoms with Gasteiger partial charge in [0, 0.05) is 110 Å². The van der Waals surface area contributed by atoms with E-state index in [9.17, 15) is 92.3 Å². The number of ketones is 3. The number of phenolic OH excluding ortho intramolecular Hbond substituents is 1. The van der Waals surface area contributed by atoms with E-state index in [1.807, 2.05) is 46.6 Å². The molecule has 0 saturated carbocycles. The zero-order chi connectivity index (χ0) is 93.7. The Labute approximate surface area is 745 Å². The van der Waals surface area contributed by atoms with Crippen LogP contribution in [0.4, 0.5) is 16.4 Å². The number of aliphatic carboxylic acids is 3. The number of thiazole rings is 1. The highest BCUT2D eigenvalue weighted by atomic mass is 33.1. The molecule has 18 N–H and O–H groups in total. The van der Waals surface area contributed by atoms with E-state index >= 15 is 4.79 Å². The van der Waals surface area contributed by atoms with Crippen molar-refractivity contribution in [3.8, 4) is 5.75 Å². The van der Waals surface area contributed by atoms with Gasteiger partial charge in [-0.3, -0.25) is 87.8 Å². The summed E-state index contributed by atoms with van der Waals surface area (Å²) in [6.45, 7) is 13.6. The third kappa shape index (κ3) is 35.1. The number of amides is 7. The number of likely N-dealkylation sites (N-methyl/N-ethyl adjacent to an activating group) is 1. The summed E-state index contributed by atoms with van der Waals surface area (Å²) >= 11 is 1.02. The molecule has 1 aliphatic rings. The molecule has 6 rings (SSSR count). The number of aromatic hydroxyl groups is 1. The molecule has 4 heterocycles. The van der Waals surface area contributed by atoms with Gasteiger partial charge < -0.3 is 82.9 Å². The number of likely N-dealkylation sites (tertiary alicyclic amines) is 1. The van der Waals surface area contributed by atoms with Crippen molar-refractivity contribution in [1.82, 2.24) is 72.2 Å². The van der Waals surface area contributed by atoms with Crippen LogP contribution in [-0.2, 0) is 84.7 Å². The molecular weight excluding hydrogens is 1710 g/mol. The Bertz CT molecular complexity index is 4710. The first kappa shape index (κ1) is 104. The van der Waals surface area contributed by atoms with Crippen LogP contribution in [0.2, 0.25) is 0 Å². The number of nitrogens with zero attached hydrogens (tertiary/aromatic N) is 6. The van der Waals surface area contributed by atoms with Gasteiger partial charge in [0.25, 0.3) is 17.4 Å². The fourth-order valence-electron chi connectivity index (χ4n) is 13.8. The number of esters is 2. The maximum Gasteiger partial charge on any atom is 0.426 e. The largest absolute Gasteiger partial charge is 0.508 e. The molecule has 127 heavy (non-hydrogen) atoms. The van der Waals surface area contributed by atoms with Crippen LogP contribution in [-0.4, -0.2) is 231 Å². The van der Waals surface area contributed by atoms with Gasteiger partial charge in [-0.15, -0.1) is 11.3 Å². The first-order valence-electron chi connectivity index (χ1n) is 41.7. The van der Waals surface area contributed by atoms with E-state index in [1.165, 1.54) is 73.6 Å². The van der Waals surface area contributed by atoms with Crippen LogP contribution < -0.4 is 59.8 Å². The number of nitrogen functional groups attached to an aromatic ring is 1. The highest BCUT2D eigenvalue weighted by molar-refractivity contribution is 8.76. The van der Waals surface area contributed by atoms with E-state index < -0.39 is 193 Å². The average molecular weight is 1830 g/mol. The van der Waals surface area contributed by atoms with E-state index in [1.54, 1.807) is 12.1 Å². The number of aromatic nitrogens is 5. The van der Waals surface area contributed by atoms with E-state index in [-0.39, 0.29) is 139 Å². The molecule has 0 aliphatic carbocycles. The van der Waals surface area contributed by atoms with Crippen molar-refractivity contribution in [2.24, 2.45) is 41.2 Å². The number of nitrogens with two attached hydrogens (primary N) is 2. The summed E-state index contributed by atoms with van der Waals surface area (Å²) in [6.07, 6.45) is -0.439. The molecule has 44 heteroatoms. The number of carboxylic acid groups (broad SMARTS) is 3. The minimum absolute atomic E-state index is 0.0259. The SMILES string of the molecule is CCCC(=O)OCN(C(=O)[C@@H](CC(=O)[C@H]1CCCCN1C)C(C)CC)[C@H](C[C@@H](OC(C)=O)c1nc(C(=O)N[C@@H](Cc2ccc(O)cc2)C[C@H](C)C(=O)NNC(=O)OCCSSC[C@H](CC(=O)[C@H](CC(=O)O)NC(=O)[C@H](CCCNC(=N)N)CC(=O)[C@H](C)NC(=O)CC[C@H](NC(=O)c2ccc(NCc3cnc4nc(N)[nH]c(=O)c4n3)cc2)C(=O)O)C(=O)O)cs1)C(C)C. The number of ether oxygens (including phenoxy) is 3. The van der Waals surface area contributed by atoms with E-state index in [2.05, 4.69) is 67.7 Å². The number of hydrazine groups is 1. The van der Waals surface area contributed by atoms with Crippen LogP contribution in [0.25, 0.3) is 11.2 Å². The van der Waals surface area contributed by atoms with E-state index in [0.29, 0.717) is 36.2 Å². The number of guanidine groups is 1. The van der Waals surface area contributed by atoms with Crippen LogP contribution in [0.3, 0.4) is 0 Å². The number of carbonyl (C=O) groups is 15. The van der Waals surface area contributed by atoms with Crippen molar-refractivity contribution in [3.05, 3.63) is 98.0 Å². The predicted molar refractivity (Wildman–Crippen MR) is 469 cm³/mol. The average Bonchev–Trinajstić information content (AvgIpc) is 1.64. The van der Waals surface area contributed by atoms with Gasteiger partial charge in [0.15, 0.2) is 47.3 Å². The van der Waals surface area contributed by atoms with Gasteiger partial charge in [-0.05, 0) is 126 Å². The van der Waals surface area contributed by atoms with Crippen molar-refractivity contribution < 1.29 is 107 Å². The van der Waals surface area contributed by atoms with Gasteiger partial charge in [0.2, 0.25) is 29.6 Å². The standard InChI is InChI=1S/C83H116N18O23S3/c1-10-15-69(110)123-43-101(78(116)57(45(5)11-2)36-65(106)61-17-12-13-29-100(61)9)62(44(3)4)38-66(124-48(8)102)77-95-60(42-125-77)75(114)92-54(33-49-18-24-56(103)25-19-49)32-46(6)72(111)98-99-83(121)122-30-31-126-127-41-52(79(117)118)35-64(105)59(37-68(108)109)94-74(113)51(16-14-28-87-81(84)85)34-63(104)47(7)90-67(107)27-26-58(80(119)120)93-73(112)50-20-22-53(23-21-50)88-39-55-40-89-71-70(91-55)76(115)97-82(86)96-71/h18-25,40,42,44-47,51-52,54,57-59,61-62,66,88,103H,10-17,26-39,41,43H2,1-9H3,(H,90,107)(H,92,114)(H,93,112)(H,94,113)(H,98,111)(H,99,121)(H,108,109)(H,117,118)(H,119,120)(H4,84,85,87)(H3,86,89,96,97,115)/t45?,46-,47-,51+,52-,54+,57-,58-,59-,61+,62+,66+/m0/s1. The van der Waals surface area contributed by atoms with Crippen molar-refractivity contribution in [2.75, 3.05) is 56.0 Å². The lowest BCUT2D eigenvalue weighted by Gasteiger charge is -2.39. The Hall–Kier alpha value is -11.9. The lowest BCUT2D eigenvalue weighted by Crippen LogP contribution is -2.50. The van der Waals surface area contributed by atoms with Gasteiger partial charge in [-0.1, -0.05) is 88.1 Å². The second kappa shape index (κ2) is 52.2. The van der Waals surface area contributed by atoms with Gasteiger partial charge >= 0.3 is 35.9 Å². The molecule has 5 aromatic rings. The molecule has 0 bridgehead atoms. The second-order valence-corrected chi connectivity index (χ2v) is 34.9. The number of phenols is 1. The maximum absolute atomic E-state index is 15.1. The minimum Gasteiger partial charge on any atom is -0.508 e. The van der Waals surface area contributed by atoms with Crippen molar-refractivity contribution in [2.45, 2.75) is 213 Å². The van der Waals surface area contributed by atoms with Crippen LogP contribution in [0.5, 0.6) is 5.75 Å². The summed E-state index contributed by atoms with van der Waals surface area (Å²) in [5.41, 5.74) is 16.4. The first-order valence-corrected chi connectivity index (χ1v) is 45.0. The number of Topliss-reactive ketones (excluding diaryl/α,β-unsaturated/α-hetero) is 3. The summed E-state index contributed by atoms with van der Waals surface area (Å²) < 4.78 is 16.9. The summed E-state index contributed by atoms with van der Waals surface area (Å²) in [5.74, 6) is -17.6. The number of hydrogen-bond donors (Lipinski definition) is 16. The third-order valence-corrected chi connectivity index (χ3v) is 24.5. The Morgan fingerprint density at radius 3 is 2.13 bits per heavy atom. The van der Waals surface area contributed by atoms with Gasteiger partial charge in [-0.25, -0.2) is 30.0 Å². The molecule has 1 fully saturated rings. The van der Waals surface area contributed by atoms with Crippen molar-refractivity contribution in [3.63, 3.8) is 0 Å². The Morgan fingerprint density at radius 1 is 0.772 bits per heavy atom. The quantitative estimate of drug-likeness (QED) is 0.00336. The van der Waals surface area contributed by atoms with Gasteiger partial charge in [0.05, 0.1) is 48.9 Å². The fourth-order valence-corrected chi connectivity index (χ4v) is 16.8. The van der Waals surface area contributed by atoms with Crippen LogP contribution in [0.15, 0.2) is 64.9 Å². The van der Waals surface area contributed by atoms with E-state index in [4.69, 9.17) is 31.1 Å². The fraction of sp³-hybridized carbons (Fsp3) is 0.554. The first-order chi connectivity index (χ1) is 60.2. The summed E-state index contributed by atoms with van der Waals surface area (Å²) in [7, 11) is 3.90. The number of carbonyl (C=O) groups excluding carboxylic acids is 12. The molecule has 1 aliphatic heterocycles. The topological polar surface area (TPSA) is 628 Å². The second-order valence-electron chi connectivity index (χ2n) is 31.4. The molecule has 2 aromatic carbocycles. The van der Waals surface area contributed by atoms with Gasteiger partial charge in [-0.2, -0.15) is 4.98 Å². The smallest absolute Gasteiger partial charge is 0.426 e. The highest BCUT2D eigenvalue weighted by Crippen LogP contribution is 2.35. The molecule has 41 nitrogen and oxygen atoms in total. The lowest BCUT2D eigenvalue weighted by atomic mass is 9.82. The monoisotopic (exact) mass is 1830 g/mol. The molecule has 1 unspecified atom stereocenters. The molecule has 0 spiro atoms. The van der Waals surface area contributed by atoms with E-state index in [0.717, 1.165) is 52.3 Å². The molecule has 1 saturated heterocycles. The summed E-state index contributed by atoms with van der Waals surface area (Å²) in [5, 5.41) is 65.0. The third-order valence-electron chi connectivity index (χ3n) is 21.1. The van der Waals surface area contributed by atoms with Crippen molar-refractivity contribution >= 4 is 150 Å². The summed E-state index contributed by atoms with van der Waals surface area (Å²) in [4.78, 5) is 236. The van der Waals surface area contributed by atoms with Crippen LogP contribution in [0.1, 0.15) is 201 Å². The Kier molecular flexibility index (Phi) is 42.7. The highest BCUT2D eigenvalue weighted by Gasteiger charge is 2.41. The molecule has 7 amide bonds. The van der Waals surface area contributed by atoms with Crippen LogP contribution >= 0.6 is 32.9 Å². The zero-order valence-electron chi connectivity index (χ0n) is 72.4. The zero-order valence-corrected chi connectivity index (χ0v) is 74.8. The van der Waals surface area contributed by atoms with Crippen LogP contribution in [0, 0.1) is 40.9 Å². The predicted octanol–water partition coefficient (Wildman–Crippen LogP) is 5.46. The number of benzene rings is 2. The molecule has 12 atom stereocenters. The maximum atomic E-state index is 15.1. The van der Waals surface area contributed by atoms with Crippen molar-refractivity contribution in [1.29, 1.82) is 5.41 Å². The molecular formula is C83H116N18O23S3. The molecule has 0 radical (unpaired) electrons. The number of carboxylic acids is 3. The number of fused-ring (bicyclic) bond motifs is 1. The number of hydrogen-bond acceptors (Lipinski definition) is 31. The Morgan fingerprint density at radius 2 is 1.48 bits per heavy atom. The normalized spacial score (nSPS) is 15.2. The minimum atomic E-state index is -1.80. The number of piperidine rings is 1. The number of rotatable bonds is 54. The lowest BCUT2D eigenvalue weighted by molar-refractivity contribution is -0.162. The summed E-state index contributed by atoms with van der Waals surface area (Å²) in [6, 6.07) is 5.44. The Balaban J connectivity index is 0.986. The number of aromatic amines is 1. The molecule has 694 valence electrons. The number of H-pyrrole nitrogens is 1.